The van der Waals surface area contributed by atoms with Crippen molar-refractivity contribution in [2.75, 3.05) is 25.5 Å². The summed E-state index contributed by atoms with van der Waals surface area (Å²) >= 11 is 0. The lowest BCUT2D eigenvalue weighted by molar-refractivity contribution is 0.0745. The molecule has 2 rings (SSSR count). The van der Waals surface area contributed by atoms with Gasteiger partial charge in [-0.05, 0) is 49.9 Å². The van der Waals surface area contributed by atoms with Gasteiger partial charge >= 0.3 is 0 Å². The molecule has 0 heterocycles. The van der Waals surface area contributed by atoms with E-state index in [0.717, 1.165) is 30.3 Å². The number of hydrogen-bond acceptors (Lipinski definition) is 2. The molecule has 3 heteroatoms. The van der Waals surface area contributed by atoms with Crippen molar-refractivity contribution in [3.8, 4) is 0 Å². The standard InChI is InChI=1S/C15H22N2O/c1-3-16-14-9-7-13(8-10-14)15(18)17(2)11-12-5-4-6-12/h7-10,12,16H,3-6,11H2,1-2H3. The first kappa shape index (κ1) is 12.9. The Morgan fingerprint density at radius 1 is 1.33 bits per heavy atom. The summed E-state index contributed by atoms with van der Waals surface area (Å²) in [5.74, 6) is 0.852. The first-order chi connectivity index (χ1) is 8.70. The molecule has 1 aliphatic rings. The second-order valence-corrected chi connectivity index (χ2v) is 5.09. The minimum atomic E-state index is 0.130. The minimum absolute atomic E-state index is 0.130. The van der Waals surface area contributed by atoms with Gasteiger partial charge in [0, 0.05) is 31.4 Å². The van der Waals surface area contributed by atoms with E-state index in [9.17, 15) is 4.79 Å². The molecule has 3 nitrogen and oxygen atoms in total. The van der Waals surface area contributed by atoms with Gasteiger partial charge in [-0.1, -0.05) is 6.42 Å². The number of carbonyl (C=O) groups is 1. The number of carbonyl (C=O) groups excluding carboxylic acids is 1. The maximum atomic E-state index is 12.2. The maximum Gasteiger partial charge on any atom is 0.253 e. The van der Waals surface area contributed by atoms with E-state index in [4.69, 9.17) is 0 Å². The SMILES string of the molecule is CCNc1ccc(C(=O)N(C)CC2CCC2)cc1. The second kappa shape index (κ2) is 5.89. The third-order valence-electron chi connectivity index (χ3n) is 3.62. The van der Waals surface area contributed by atoms with Gasteiger partial charge in [0.2, 0.25) is 0 Å². The van der Waals surface area contributed by atoms with Crippen molar-refractivity contribution in [3.05, 3.63) is 29.8 Å². The number of amides is 1. The Balaban J connectivity index is 1.94. The van der Waals surface area contributed by atoms with Crippen LogP contribution in [0.15, 0.2) is 24.3 Å². The second-order valence-electron chi connectivity index (χ2n) is 5.09. The minimum Gasteiger partial charge on any atom is -0.385 e. The summed E-state index contributed by atoms with van der Waals surface area (Å²) in [5, 5.41) is 3.23. The highest BCUT2D eigenvalue weighted by atomic mass is 16.2. The van der Waals surface area contributed by atoms with E-state index < -0.39 is 0 Å². The smallest absolute Gasteiger partial charge is 0.253 e. The van der Waals surface area contributed by atoms with Crippen LogP contribution in [0, 0.1) is 5.92 Å². The molecule has 0 radical (unpaired) electrons. The van der Waals surface area contributed by atoms with E-state index in [1.54, 1.807) is 0 Å². The Kier molecular flexibility index (Phi) is 4.24. The van der Waals surface area contributed by atoms with Crippen LogP contribution in [0.25, 0.3) is 0 Å². The van der Waals surface area contributed by atoms with Crippen LogP contribution in [-0.2, 0) is 0 Å². The third kappa shape index (κ3) is 3.03. The van der Waals surface area contributed by atoms with Crippen molar-refractivity contribution < 1.29 is 4.79 Å². The van der Waals surface area contributed by atoms with E-state index in [1.807, 2.05) is 36.2 Å². The molecule has 0 bridgehead atoms. The molecule has 1 amide bonds. The van der Waals surface area contributed by atoms with E-state index >= 15 is 0 Å². The molecule has 1 aliphatic carbocycles. The van der Waals surface area contributed by atoms with Gasteiger partial charge in [-0.2, -0.15) is 0 Å². The molecule has 0 unspecified atom stereocenters. The lowest BCUT2D eigenvalue weighted by Gasteiger charge is -2.30. The number of nitrogens with one attached hydrogen (secondary N) is 1. The average molecular weight is 246 g/mol. The summed E-state index contributed by atoms with van der Waals surface area (Å²) in [5.41, 5.74) is 1.84. The highest BCUT2D eigenvalue weighted by Gasteiger charge is 2.21. The van der Waals surface area contributed by atoms with Gasteiger partial charge in [-0.15, -0.1) is 0 Å². The Morgan fingerprint density at radius 3 is 2.50 bits per heavy atom. The highest BCUT2D eigenvalue weighted by Crippen LogP contribution is 2.27. The number of benzene rings is 1. The van der Waals surface area contributed by atoms with Gasteiger partial charge in [0.1, 0.15) is 0 Å². The topological polar surface area (TPSA) is 32.3 Å². The fourth-order valence-electron chi connectivity index (χ4n) is 2.30. The molecule has 0 atom stereocenters. The molecular weight excluding hydrogens is 224 g/mol. The highest BCUT2D eigenvalue weighted by molar-refractivity contribution is 5.94. The zero-order valence-electron chi connectivity index (χ0n) is 11.3. The summed E-state index contributed by atoms with van der Waals surface area (Å²) in [6, 6.07) is 7.73. The zero-order chi connectivity index (χ0) is 13.0. The van der Waals surface area contributed by atoms with Crippen molar-refractivity contribution in [1.29, 1.82) is 0 Å². The molecule has 1 saturated carbocycles. The van der Waals surface area contributed by atoms with Gasteiger partial charge in [0.25, 0.3) is 5.91 Å². The van der Waals surface area contributed by atoms with Crippen LogP contribution < -0.4 is 5.32 Å². The van der Waals surface area contributed by atoms with Gasteiger partial charge in [0.05, 0.1) is 0 Å². The van der Waals surface area contributed by atoms with Crippen LogP contribution in [-0.4, -0.2) is 30.9 Å². The first-order valence-electron chi connectivity index (χ1n) is 6.80. The summed E-state index contributed by atoms with van der Waals surface area (Å²) < 4.78 is 0. The van der Waals surface area contributed by atoms with Crippen LogP contribution in [0.4, 0.5) is 5.69 Å². The summed E-state index contributed by atoms with van der Waals surface area (Å²) in [7, 11) is 1.90. The summed E-state index contributed by atoms with van der Waals surface area (Å²) in [6.07, 6.45) is 3.87. The van der Waals surface area contributed by atoms with E-state index in [0.29, 0.717) is 0 Å². The van der Waals surface area contributed by atoms with Gasteiger partial charge in [-0.3, -0.25) is 4.79 Å². The van der Waals surface area contributed by atoms with Crippen LogP contribution in [0.5, 0.6) is 0 Å². The van der Waals surface area contributed by atoms with E-state index in [2.05, 4.69) is 12.2 Å². The Hall–Kier alpha value is -1.51. The number of anilines is 1. The Bertz CT molecular complexity index is 395. The van der Waals surface area contributed by atoms with Crippen molar-refractivity contribution in [2.45, 2.75) is 26.2 Å². The van der Waals surface area contributed by atoms with Crippen molar-refractivity contribution in [3.63, 3.8) is 0 Å². The van der Waals surface area contributed by atoms with E-state index in [1.165, 1.54) is 19.3 Å². The quantitative estimate of drug-likeness (QED) is 0.866. The normalized spacial score (nSPS) is 15.0. The Morgan fingerprint density at radius 2 is 2.00 bits per heavy atom. The van der Waals surface area contributed by atoms with Gasteiger partial charge < -0.3 is 10.2 Å². The molecule has 98 valence electrons. The molecule has 0 spiro atoms. The number of rotatable bonds is 5. The molecule has 0 saturated heterocycles. The maximum absolute atomic E-state index is 12.2. The lowest BCUT2D eigenvalue weighted by Crippen LogP contribution is -2.34. The predicted octanol–water partition coefficient (Wildman–Crippen LogP) is 2.99. The van der Waals surface area contributed by atoms with Crippen molar-refractivity contribution in [2.24, 2.45) is 5.92 Å². The van der Waals surface area contributed by atoms with Crippen LogP contribution in [0.1, 0.15) is 36.5 Å². The number of nitrogens with zero attached hydrogens (tertiary/aromatic N) is 1. The van der Waals surface area contributed by atoms with Crippen molar-refractivity contribution >= 4 is 11.6 Å². The zero-order valence-corrected chi connectivity index (χ0v) is 11.3. The molecule has 18 heavy (non-hydrogen) atoms. The third-order valence-corrected chi connectivity index (χ3v) is 3.62. The Labute approximate surface area is 109 Å². The van der Waals surface area contributed by atoms with Crippen LogP contribution in [0.2, 0.25) is 0 Å². The van der Waals surface area contributed by atoms with Crippen LogP contribution in [0.3, 0.4) is 0 Å². The average Bonchev–Trinajstić information content (AvgIpc) is 2.34. The molecule has 0 aromatic heterocycles. The summed E-state index contributed by atoms with van der Waals surface area (Å²) in [6.45, 7) is 3.86. The van der Waals surface area contributed by atoms with Gasteiger partial charge in [-0.25, -0.2) is 0 Å². The predicted molar refractivity (Wildman–Crippen MR) is 74.9 cm³/mol. The molecule has 1 aromatic rings. The summed E-state index contributed by atoms with van der Waals surface area (Å²) in [4.78, 5) is 14.0. The van der Waals surface area contributed by atoms with Crippen LogP contribution >= 0.6 is 0 Å². The van der Waals surface area contributed by atoms with E-state index in [-0.39, 0.29) is 5.91 Å². The molecule has 1 aromatic carbocycles. The first-order valence-corrected chi connectivity index (χ1v) is 6.80. The monoisotopic (exact) mass is 246 g/mol. The largest absolute Gasteiger partial charge is 0.385 e. The fraction of sp³-hybridized carbons (Fsp3) is 0.533. The fourth-order valence-corrected chi connectivity index (χ4v) is 2.30. The lowest BCUT2D eigenvalue weighted by atomic mass is 9.85. The molecule has 1 N–H and O–H groups in total. The molecule has 1 fully saturated rings. The molecular formula is C15H22N2O. The van der Waals surface area contributed by atoms with Crippen molar-refractivity contribution in [1.82, 2.24) is 4.90 Å². The van der Waals surface area contributed by atoms with Gasteiger partial charge in [0.15, 0.2) is 0 Å². The molecule has 0 aliphatic heterocycles. The number of hydrogen-bond donors (Lipinski definition) is 1.